The van der Waals surface area contributed by atoms with Crippen LogP contribution in [0.2, 0.25) is 0 Å². The summed E-state index contributed by atoms with van der Waals surface area (Å²) in [4.78, 5) is 26.1. The summed E-state index contributed by atoms with van der Waals surface area (Å²) in [5.41, 5.74) is 0.777. The van der Waals surface area contributed by atoms with Crippen LogP contribution >= 0.6 is 11.3 Å². The number of nitrogens with zero attached hydrogens (tertiary/aromatic N) is 1. The molecular weight excluding hydrogens is 464 g/mol. The zero-order chi connectivity index (χ0) is 23.3. The van der Waals surface area contributed by atoms with Gasteiger partial charge in [0.25, 0.3) is 5.91 Å². The maximum Gasteiger partial charge on any atom is 0.349 e. The zero-order valence-corrected chi connectivity index (χ0v) is 19.2. The van der Waals surface area contributed by atoms with Crippen LogP contribution in [0.25, 0.3) is 0 Å². The summed E-state index contributed by atoms with van der Waals surface area (Å²) in [7, 11) is -3.72. The average Bonchev–Trinajstić information content (AvgIpc) is 3.39. The maximum absolute atomic E-state index is 13.1. The Hall–Kier alpha value is -3.05. The highest BCUT2D eigenvalue weighted by Gasteiger charge is 2.28. The number of nitrogens with one attached hydrogen (secondary N) is 1. The van der Waals surface area contributed by atoms with Crippen molar-refractivity contribution in [1.82, 2.24) is 4.31 Å². The normalized spacial score (nSPS) is 15.5. The zero-order valence-electron chi connectivity index (χ0n) is 17.5. The Labute approximate surface area is 195 Å². The SMILES string of the molecule is O=C(O[C@H](C(=O)Nc1cccc(S(=O)(=O)N2CCOCC2)c1)c1ccccc1)c1cccs1. The molecule has 0 unspecified atom stereocenters. The minimum absolute atomic E-state index is 0.0639. The largest absolute Gasteiger partial charge is 0.443 e. The lowest BCUT2D eigenvalue weighted by Crippen LogP contribution is -2.40. The van der Waals surface area contributed by atoms with Crippen LogP contribution in [0.3, 0.4) is 0 Å². The molecule has 1 aliphatic rings. The van der Waals surface area contributed by atoms with Crippen molar-refractivity contribution in [1.29, 1.82) is 0 Å². The number of ether oxygens (including phenoxy) is 2. The molecule has 8 nitrogen and oxygen atoms in total. The van der Waals surface area contributed by atoms with Crippen molar-refractivity contribution in [3.8, 4) is 0 Å². The van der Waals surface area contributed by atoms with E-state index in [9.17, 15) is 18.0 Å². The molecule has 4 rings (SSSR count). The number of hydrogen-bond donors (Lipinski definition) is 1. The first kappa shape index (κ1) is 23.1. The number of thiophene rings is 1. The standard InChI is InChI=1S/C23H22N2O6S2/c26-22(21(17-6-2-1-3-7-17)31-23(27)20-10-5-15-32-20)24-18-8-4-9-19(16-18)33(28,29)25-11-13-30-14-12-25/h1-10,15-16,21H,11-14H2,(H,24,26)/t21-/m0/s1. The molecule has 1 saturated heterocycles. The average molecular weight is 487 g/mol. The van der Waals surface area contributed by atoms with Gasteiger partial charge in [-0.2, -0.15) is 4.31 Å². The number of sulfonamides is 1. The van der Waals surface area contributed by atoms with Crippen LogP contribution in [0.1, 0.15) is 21.3 Å². The molecule has 10 heteroatoms. The Balaban J connectivity index is 1.55. The lowest BCUT2D eigenvalue weighted by Gasteiger charge is -2.26. The van der Waals surface area contributed by atoms with Gasteiger partial charge < -0.3 is 14.8 Å². The molecule has 2 aromatic carbocycles. The molecule has 33 heavy (non-hydrogen) atoms. The lowest BCUT2D eigenvalue weighted by atomic mass is 10.1. The van der Waals surface area contributed by atoms with E-state index in [1.807, 2.05) is 0 Å². The van der Waals surface area contributed by atoms with Gasteiger partial charge in [0.05, 0.1) is 18.1 Å². The molecule has 0 bridgehead atoms. The number of benzene rings is 2. The van der Waals surface area contributed by atoms with Crippen molar-refractivity contribution in [2.24, 2.45) is 0 Å². The lowest BCUT2D eigenvalue weighted by molar-refractivity contribution is -0.125. The molecule has 0 spiro atoms. The van der Waals surface area contributed by atoms with Gasteiger partial charge in [-0.15, -0.1) is 11.3 Å². The van der Waals surface area contributed by atoms with Crippen LogP contribution in [0.15, 0.2) is 77.0 Å². The molecule has 2 heterocycles. The fourth-order valence-electron chi connectivity index (χ4n) is 3.34. The fourth-order valence-corrected chi connectivity index (χ4v) is 5.40. The van der Waals surface area contributed by atoms with E-state index in [1.54, 1.807) is 60.0 Å². The fraction of sp³-hybridized carbons (Fsp3) is 0.217. The van der Waals surface area contributed by atoms with E-state index in [-0.39, 0.29) is 23.7 Å². The number of carbonyl (C=O) groups is 2. The van der Waals surface area contributed by atoms with Crippen molar-refractivity contribution in [2.45, 2.75) is 11.0 Å². The van der Waals surface area contributed by atoms with Crippen LogP contribution in [-0.4, -0.2) is 50.9 Å². The van der Waals surface area contributed by atoms with Gasteiger partial charge in [0.1, 0.15) is 4.88 Å². The van der Waals surface area contributed by atoms with Gasteiger partial charge >= 0.3 is 5.97 Å². The molecule has 1 fully saturated rings. The molecule has 0 aliphatic carbocycles. The summed E-state index contributed by atoms with van der Waals surface area (Å²) in [5, 5.41) is 4.43. The van der Waals surface area contributed by atoms with Crippen LogP contribution < -0.4 is 5.32 Å². The first-order valence-electron chi connectivity index (χ1n) is 10.2. The van der Waals surface area contributed by atoms with Crippen LogP contribution in [-0.2, 0) is 24.3 Å². The predicted molar refractivity (Wildman–Crippen MR) is 124 cm³/mol. The number of morpholine rings is 1. The number of esters is 1. The van der Waals surface area contributed by atoms with Crippen molar-refractivity contribution in [3.63, 3.8) is 0 Å². The molecule has 3 aromatic rings. The van der Waals surface area contributed by atoms with Crippen molar-refractivity contribution in [2.75, 3.05) is 31.6 Å². The first-order valence-corrected chi connectivity index (χ1v) is 12.6. The highest BCUT2D eigenvalue weighted by molar-refractivity contribution is 7.89. The summed E-state index contributed by atoms with van der Waals surface area (Å²) in [5.74, 6) is -1.20. The number of carbonyl (C=O) groups excluding carboxylic acids is 2. The quantitative estimate of drug-likeness (QED) is 0.514. The van der Waals surface area contributed by atoms with Gasteiger partial charge in [0.2, 0.25) is 16.1 Å². The third-order valence-electron chi connectivity index (χ3n) is 5.00. The molecule has 1 N–H and O–H groups in total. The van der Waals surface area contributed by atoms with Crippen LogP contribution in [0.4, 0.5) is 5.69 Å². The van der Waals surface area contributed by atoms with Gasteiger partial charge in [0.15, 0.2) is 0 Å². The van der Waals surface area contributed by atoms with E-state index in [4.69, 9.17) is 9.47 Å². The van der Waals surface area contributed by atoms with E-state index < -0.39 is 28.0 Å². The second kappa shape index (κ2) is 10.3. The van der Waals surface area contributed by atoms with Crippen molar-refractivity contribution >= 4 is 38.9 Å². The highest BCUT2D eigenvalue weighted by Crippen LogP contribution is 2.25. The topological polar surface area (TPSA) is 102 Å². The second-order valence-electron chi connectivity index (χ2n) is 7.21. The number of amides is 1. The van der Waals surface area contributed by atoms with Gasteiger partial charge in [0, 0.05) is 24.3 Å². The number of anilines is 1. The smallest absolute Gasteiger partial charge is 0.349 e. The molecule has 1 aromatic heterocycles. The third-order valence-corrected chi connectivity index (χ3v) is 7.74. The maximum atomic E-state index is 13.1. The van der Waals surface area contributed by atoms with Gasteiger partial charge in [-0.25, -0.2) is 13.2 Å². The molecular formula is C23H22N2O6S2. The van der Waals surface area contributed by atoms with Gasteiger partial charge in [-0.05, 0) is 29.6 Å². The third kappa shape index (κ3) is 5.48. The van der Waals surface area contributed by atoms with Crippen LogP contribution in [0, 0.1) is 0 Å². The Bertz CT molecular complexity index is 1210. The molecule has 0 saturated carbocycles. The van der Waals surface area contributed by atoms with E-state index in [1.165, 1.54) is 27.8 Å². The van der Waals surface area contributed by atoms with E-state index in [0.29, 0.717) is 23.7 Å². The first-order chi connectivity index (χ1) is 15.9. The summed E-state index contributed by atoms with van der Waals surface area (Å²) >= 11 is 1.22. The van der Waals surface area contributed by atoms with Crippen molar-refractivity contribution in [3.05, 3.63) is 82.6 Å². The Morgan fingerprint density at radius 3 is 2.45 bits per heavy atom. The second-order valence-corrected chi connectivity index (χ2v) is 10.1. The Morgan fingerprint density at radius 1 is 1.00 bits per heavy atom. The molecule has 1 amide bonds. The Morgan fingerprint density at radius 2 is 1.76 bits per heavy atom. The summed E-state index contributed by atoms with van der Waals surface area (Å²) in [6.07, 6.45) is -1.21. The van der Waals surface area contributed by atoms with E-state index in [2.05, 4.69) is 5.32 Å². The molecule has 172 valence electrons. The number of hydrogen-bond acceptors (Lipinski definition) is 7. The monoisotopic (exact) mass is 486 g/mol. The van der Waals surface area contributed by atoms with Gasteiger partial charge in [-0.3, -0.25) is 4.79 Å². The Kier molecular flexibility index (Phi) is 7.19. The minimum Gasteiger partial charge on any atom is -0.443 e. The summed E-state index contributed by atoms with van der Waals surface area (Å²) < 4.78 is 38.0. The van der Waals surface area contributed by atoms with Crippen LogP contribution in [0.5, 0.6) is 0 Å². The molecule has 1 aliphatic heterocycles. The van der Waals surface area contributed by atoms with Gasteiger partial charge in [-0.1, -0.05) is 42.5 Å². The predicted octanol–water partition coefficient (Wildman–Crippen LogP) is 3.31. The summed E-state index contributed by atoms with van der Waals surface area (Å²) in [6, 6.07) is 18.0. The van der Waals surface area contributed by atoms with E-state index >= 15 is 0 Å². The number of rotatable bonds is 7. The highest BCUT2D eigenvalue weighted by atomic mass is 32.2. The molecule has 0 radical (unpaired) electrons. The minimum atomic E-state index is -3.72. The molecule has 1 atom stereocenters. The summed E-state index contributed by atoms with van der Waals surface area (Å²) in [6.45, 7) is 1.22. The van der Waals surface area contributed by atoms with Crippen molar-refractivity contribution < 1.29 is 27.5 Å². The van der Waals surface area contributed by atoms with E-state index in [0.717, 1.165) is 0 Å².